The van der Waals surface area contributed by atoms with Crippen molar-refractivity contribution in [3.8, 4) is 0 Å². The van der Waals surface area contributed by atoms with E-state index in [0.717, 1.165) is 31.7 Å². The van der Waals surface area contributed by atoms with E-state index in [0.29, 0.717) is 25.6 Å². The molecule has 1 spiro atoms. The van der Waals surface area contributed by atoms with Crippen LogP contribution in [0.3, 0.4) is 0 Å². The van der Waals surface area contributed by atoms with Gasteiger partial charge in [-0.2, -0.15) is 10.1 Å². The van der Waals surface area contributed by atoms with Gasteiger partial charge in [0.15, 0.2) is 21.4 Å². The Bertz CT molecular complexity index is 727. The van der Waals surface area contributed by atoms with Gasteiger partial charge in [0.25, 0.3) is 0 Å². The minimum Gasteiger partial charge on any atom is -0.355 e. The Morgan fingerprint density at radius 2 is 2.00 bits per heavy atom. The molecule has 1 unspecified atom stereocenters. The van der Waals surface area contributed by atoms with Crippen LogP contribution in [0.15, 0.2) is 6.20 Å². The molecule has 138 valence electrons. The van der Waals surface area contributed by atoms with Crippen LogP contribution in [0.5, 0.6) is 0 Å². The molecule has 3 aliphatic rings. The smallest absolute Gasteiger partial charge is 0.247 e. The van der Waals surface area contributed by atoms with E-state index >= 15 is 0 Å². The summed E-state index contributed by atoms with van der Waals surface area (Å²) in [6.07, 6.45) is 3.84. The minimum absolute atomic E-state index is 0.0908. The van der Waals surface area contributed by atoms with Crippen molar-refractivity contribution in [1.29, 1.82) is 0 Å². The molecule has 1 aromatic rings. The average Bonchev–Trinajstić information content (AvgIpc) is 3.21. The van der Waals surface area contributed by atoms with E-state index in [1.807, 2.05) is 11.9 Å². The van der Waals surface area contributed by atoms with Crippen molar-refractivity contribution in [2.75, 3.05) is 54.7 Å². The number of aromatic nitrogens is 3. The van der Waals surface area contributed by atoms with E-state index in [-0.39, 0.29) is 17.5 Å². The van der Waals surface area contributed by atoms with Gasteiger partial charge in [-0.3, -0.25) is 0 Å². The maximum atomic E-state index is 11.7. The fourth-order valence-corrected chi connectivity index (χ4v) is 5.47. The molecular weight excluding hydrogens is 346 g/mol. The Morgan fingerprint density at radius 3 is 2.64 bits per heavy atom. The highest BCUT2D eigenvalue weighted by atomic mass is 32.2. The van der Waals surface area contributed by atoms with E-state index in [2.05, 4.69) is 20.1 Å². The summed E-state index contributed by atoms with van der Waals surface area (Å²) in [5, 5.41) is 8.16. The van der Waals surface area contributed by atoms with Crippen molar-refractivity contribution < 1.29 is 17.9 Å². The zero-order valence-electron chi connectivity index (χ0n) is 14.3. The molecule has 0 radical (unpaired) electrons. The first kappa shape index (κ1) is 16.9. The summed E-state index contributed by atoms with van der Waals surface area (Å²) in [4.78, 5) is 8.58. The summed E-state index contributed by atoms with van der Waals surface area (Å²) >= 11 is 0. The maximum absolute atomic E-state index is 11.7. The predicted molar refractivity (Wildman–Crippen MR) is 91.4 cm³/mol. The minimum atomic E-state index is -2.95. The van der Waals surface area contributed by atoms with E-state index < -0.39 is 15.6 Å². The van der Waals surface area contributed by atoms with E-state index in [1.165, 1.54) is 0 Å². The molecule has 9 nitrogen and oxygen atoms in total. The highest BCUT2D eigenvalue weighted by Gasteiger charge is 2.40. The van der Waals surface area contributed by atoms with Crippen molar-refractivity contribution in [2.45, 2.75) is 31.1 Å². The lowest BCUT2D eigenvalue weighted by atomic mass is 10.0. The van der Waals surface area contributed by atoms with Crippen molar-refractivity contribution in [1.82, 2.24) is 15.2 Å². The largest absolute Gasteiger partial charge is 0.355 e. The molecule has 3 aliphatic heterocycles. The van der Waals surface area contributed by atoms with E-state index in [9.17, 15) is 8.42 Å². The zero-order valence-corrected chi connectivity index (χ0v) is 15.1. The van der Waals surface area contributed by atoms with E-state index in [4.69, 9.17) is 9.47 Å². The fourth-order valence-electron chi connectivity index (χ4n) is 3.69. The molecule has 4 heterocycles. The number of sulfone groups is 1. The highest BCUT2D eigenvalue weighted by Crippen LogP contribution is 2.32. The van der Waals surface area contributed by atoms with Crippen molar-refractivity contribution in [2.24, 2.45) is 0 Å². The van der Waals surface area contributed by atoms with Gasteiger partial charge in [0, 0.05) is 39.0 Å². The molecule has 3 fully saturated rings. The summed E-state index contributed by atoms with van der Waals surface area (Å²) in [5.41, 5.74) is 0. The lowest BCUT2D eigenvalue weighted by Gasteiger charge is -2.38. The topological polar surface area (TPSA) is 97.8 Å². The van der Waals surface area contributed by atoms with Crippen LogP contribution in [-0.4, -0.2) is 80.3 Å². The van der Waals surface area contributed by atoms with Crippen LogP contribution in [-0.2, 0) is 19.3 Å². The van der Waals surface area contributed by atoms with Crippen molar-refractivity contribution >= 4 is 21.6 Å². The van der Waals surface area contributed by atoms with Crippen LogP contribution in [0.1, 0.15) is 19.3 Å². The van der Waals surface area contributed by atoms with Crippen molar-refractivity contribution in [3.05, 3.63) is 6.20 Å². The van der Waals surface area contributed by atoms with Gasteiger partial charge in [-0.25, -0.2) is 8.42 Å². The number of rotatable bonds is 3. The van der Waals surface area contributed by atoms with Gasteiger partial charge in [-0.05, 0) is 6.42 Å². The van der Waals surface area contributed by atoms with E-state index in [1.54, 1.807) is 6.20 Å². The van der Waals surface area contributed by atoms with Gasteiger partial charge in [0.05, 0.1) is 30.9 Å². The van der Waals surface area contributed by atoms with Gasteiger partial charge < -0.3 is 19.3 Å². The molecule has 1 aromatic heterocycles. The second-order valence-electron chi connectivity index (χ2n) is 6.88. The number of hydrogen-bond donors (Lipinski definition) is 0. The van der Waals surface area contributed by atoms with Crippen molar-refractivity contribution in [3.63, 3.8) is 0 Å². The molecule has 0 N–H and O–H groups in total. The third-order valence-corrected chi connectivity index (χ3v) is 7.02. The van der Waals surface area contributed by atoms with Gasteiger partial charge in [-0.15, -0.1) is 5.10 Å². The second kappa shape index (κ2) is 6.33. The summed E-state index contributed by atoms with van der Waals surface area (Å²) < 4.78 is 34.9. The molecule has 0 saturated carbocycles. The molecule has 4 rings (SSSR count). The number of ether oxygens (including phenoxy) is 2. The first-order valence-corrected chi connectivity index (χ1v) is 10.4. The van der Waals surface area contributed by atoms with Crippen LogP contribution in [0.25, 0.3) is 0 Å². The summed E-state index contributed by atoms with van der Waals surface area (Å²) in [7, 11) is -1.12. The normalized spacial score (nSPS) is 27.7. The van der Waals surface area contributed by atoms with Gasteiger partial charge in [0.1, 0.15) is 0 Å². The molecule has 0 aromatic carbocycles. The summed E-state index contributed by atoms with van der Waals surface area (Å²) in [5.74, 6) is 1.18. The first-order valence-electron chi connectivity index (χ1n) is 8.62. The first-order chi connectivity index (χ1) is 12.0. The Balaban J connectivity index is 1.45. The third-order valence-electron chi connectivity index (χ3n) is 5.27. The lowest BCUT2D eigenvalue weighted by molar-refractivity contribution is -0.169. The predicted octanol–water partition coefficient (Wildman–Crippen LogP) is -0.162. The monoisotopic (exact) mass is 369 g/mol. The molecule has 0 amide bonds. The van der Waals surface area contributed by atoms with Crippen LogP contribution >= 0.6 is 0 Å². The molecule has 0 bridgehead atoms. The zero-order chi connectivity index (χ0) is 17.5. The lowest BCUT2D eigenvalue weighted by Crippen LogP contribution is -2.45. The number of piperidine rings is 1. The molecule has 3 saturated heterocycles. The summed E-state index contributed by atoms with van der Waals surface area (Å²) in [6, 6.07) is -0.0908. The van der Waals surface area contributed by atoms with Gasteiger partial charge in [0.2, 0.25) is 5.95 Å². The van der Waals surface area contributed by atoms with Crippen LogP contribution in [0.4, 0.5) is 11.8 Å². The third kappa shape index (κ3) is 3.42. The SMILES string of the molecule is CN(c1nncc(N2CCC3(CC2)OCCO3)n1)C1CCS(=O)(=O)C1. The maximum Gasteiger partial charge on any atom is 0.247 e. The Hall–Kier alpha value is -1.52. The standard InChI is InChI=1S/C15H23N5O4S/c1-19(12-2-9-25(21,22)11-12)14-17-13(10-16-18-14)20-5-3-15(4-6-20)23-7-8-24-15/h10,12H,2-9,11H2,1H3. The molecule has 0 aliphatic carbocycles. The average molecular weight is 369 g/mol. The van der Waals surface area contributed by atoms with Crippen LogP contribution < -0.4 is 9.80 Å². The number of nitrogens with zero attached hydrogens (tertiary/aromatic N) is 5. The second-order valence-corrected chi connectivity index (χ2v) is 9.11. The Kier molecular flexibility index (Phi) is 4.28. The molecule has 25 heavy (non-hydrogen) atoms. The number of anilines is 2. The fraction of sp³-hybridized carbons (Fsp3) is 0.800. The molecular formula is C15H23N5O4S. The van der Waals surface area contributed by atoms with Crippen LogP contribution in [0, 0.1) is 0 Å². The molecule has 1 atom stereocenters. The molecule has 10 heteroatoms. The Labute approximate surface area is 147 Å². The summed E-state index contributed by atoms with van der Waals surface area (Å²) in [6.45, 7) is 2.88. The van der Waals surface area contributed by atoms with Gasteiger partial charge >= 0.3 is 0 Å². The van der Waals surface area contributed by atoms with Gasteiger partial charge in [-0.1, -0.05) is 0 Å². The number of hydrogen-bond acceptors (Lipinski definition) is 9. The quantitative estimate of drug-likeness (QED) is 0.719. The Morgan fingerprint density at radius 1 is 1.28 bits per heavy atom. The highest BCUT2D eigenvalue weighted by molar-refractivity contribution is 7.91. The van der Waals surface area contributed by atoms with Crippen LogP contribution in [0.2, 0.25) is 0 Å².